The van der Waals surface area contributed by atoms with Gasteiger partial charge in [-0.1, -0.05) is 19.1 Å². The molecule has 0 spiro atoms. The Morgan fingerprint density at radius 2 is 2.09 bits per heavy atom. The summed E-state index contributed by atoms with van der Waals surface area (Å²) in [7, 11) is 0. The Balaban J connectivity index is 2.01. The largest absolute Gasteiger partial charge is 0.366 e. The molecule has 0 atom stereocenters. The summed E-state index contributed by atoms with van der Waals surface area (Å²) in [6.07, 6.45) is 6.64. The molecule has 0 fully saturated rings. The van der Waals surface area contributed by atoms with Gasteiger partial charge in [0.1, 0.15) is 5.84 Å². The van der Waals surface area contributed by atoms with Crippen LogP contribution in [-0.2, 0) is 6.54 Å². The van der Waals surface area contributed by atoms with E-state index in [9.17, 15) is 0 Å². The summed E-state index contributed by atoms with van der Waals surface area (Å²) >= 11 is 0. The molecule has 0 aliphatic heterocycles. The molecule has 4 heteroatoms. The number of pyridine rings is 2. The molecule has 0 unspecified atom stereocenters. The van der Waals surface area contributed by atoms with Crippen molar-refractivity contribution in [2.45, 2.75) is 33.7 Å². The predicted octanol–water partition coefficient (Wildman–Crippen LogP) is 3.88. The number of hydrogen-bond acceptors (Lipinski definition) is 3. The fourth-order valence-electron chi connectivity index (χ4n) is 2.14. The van der Waals surface area contributed by atoms with E-state index in [0.717, 1.165) is 34.5 Å². The van der Waals surface area contributed by atoms with Gasteiger partial charge in [-0.3, -0.25) is 15.4 Å². The van der Waals surface area contributed by atoms with E-state index in [2.05, 4.69) is 22.2 Å². The Hall–Kier alpha value is -2.49. The van der Waals surface area contributed by atoms with Crippen LogP contribution in [0.25, 0.3) is 11.3 Å². The second kappa shape index (κ2) is 7.50. The van der Waals surface area contributed by atoms with E-state index in [1.807, 2.05) is 50.4 Å². The summed E-state index contributed by atoms with van der Waals surface area (Å²) in [6, 6.07) is 8.03. The molecular weight excluding hydrogens is 272 g/mol. The number of aryl methyl sites for hydroxylation is 1. The van der Waals surface area contributed by atoms with Crippen molar-refractivity contribution in [1.29, 1.82) is 5.41 Å². The molecule has 0 saturated carbocycles. The second-order valence-corrected chi connectivity index (χ2v) is 5.26. The van der Waals surface area contributed by atoms with Crippen LogP contribution in [0.4, 0.5) is 0 Å². The van der Waals surface area contributed by atoms with Gasteiger partial charge in [0.25, 0.3) is 0 Å². The highest BCUT2D eigenvalue weighted by atomic mass is 14.9. The highest BCUT2D eigenvalue weighted by Gasteiger charge is 2.02. The lowest BCUT2D eigenvalue weighted by atomic mass is 10.1. The Morgan fingerprint density at radius 1 is 1.27 bits per heavy atom. The normalized spacial score (nSPS) is 11.3. The van der Waals surface area contributed by atoms with E-state index in [4.69, 9.17) is 5.41 Å². The van der Waals surface area contributed by atoms with Crippen LogP contribution in [0.3, 0.4) is 0 Å². The topological polar surface area (TPSA) is 61.7 Å². The van der Waals surface area contributed by atoms with E-state index < -0.39 is 0 Å². The summed E-state index contributed by atoms with van der Waals surface area (Å²) in [4.78, 5) is 8.69. The Morgan fingerprint density at radius 3 is 2.73 bits per heavy atom. The zero-order valence-electron chi connectivity index (χ0n) is 13.4. The summed E-state index contributed by atoms with van der Waals surface area (Å²) in [6.45, 7) is 6.60. The maximum atomic E-state index is 7.94. The highest BCUT2D eigenvalue weighted by molar-refractivity contribution is 5.95. The van der Waals surface area contributed by atoms with Gasteiger partial charge in [0.05, 0.1) is 5.69 Å². The molecule has 114 valence electrons. The molecule has 4 nitrogen and oxygen atoms in total. The number of nitrogens with zero attached hydrogens (tertiary/aromatic N) is 2. The van der Waals surface area contributed by atoms with Crippen LogP contribution in [0, 0.1) is 12.3 Å². The standard InChI is InChI=1S/C18H22N4/c1-4-5-13(2)18(19)22-12-15-6-7-17(21-11-15)16-8-9-20-14(3)10-16/h5-11H,4,12H2,1-3H3,(H2,19,22)/b13-5+. The molecule has 2 rings (SSSR count). The van der Waals surface area contributed by atoms with Crippen LogP contribution in [0.15, 0.2) is 48.3 Å². The van der Waals surface area contributed by atoms with Crippen LogP contribution in [0.5, 0.6) is 0 Å². The quantitative estimate of drug-likeness (QED) is 0.650. The minimum atomic E-state index is 0.468. The summed E-state index contributed by atoms with van der Waals surface area (Å²) in [5, 5.41) is 11.1. The molecule has 0 saturated heterocycles. The van der Waals surface area contributed by atoms with Gasteiger partial charge in [-0.05, 0) is 49.6 Å². The monoisotopic (exact) mass is 294 g/mol. The smallest absolute Gasteiger partial charge is 0.120 e. The van der Waals surface area contributed by atoms with Crippen molar-refractivity contribution >= 4 is 5.84 Å². The van der Waals surface area contributed by atoms with Gasteiger partial charge >= 0.3 is 0 Å². The van der Waals surface area contributed by atoms with E-state index in [1.54, 1.807) is 6.20 Å². The zero-order valence-corrected chi connectivity index (χ0v) is 13.4. The first-order valence-corrected chi connectivity index (χ1v) is 7.47. The first-order valence-electron chi connectivity index (χ1n) is 7.47. The molecular formula is C18H22N4. The van der Waals surface area contributed by atoms with Crippen molar-refractivity contribution < 1.29 is 0 Å². The predicted molar refractivity (Wildman–Crippen MR) is 90.8 cm³/mol. The Bertz CT molecular complexity index is 672. The average Bonchev–Trinajstić information content (AvgIpc) is 2.53. The Labute approximate surface area is 131 Å². The zero-order chi connectivity index (χ0) is 15.9. The SMILES string of the molecule is CC/C=C(\C)C(=N)NCc1ccc(-c2ccnc(C)c2)nc1. The molecule has 2 aromatic heterocycles. The third-order valence-corrected chi connectivity index (χ3v) is 3.39. The van der Waals surface area contributed by atoms with Crippen LogP contribution in [0.1, 0.15) is 31.5 Å². The van der Waals surface area contributed by atoms with E-state index in [0.29, 0.717) is 12.4 Å². The number of nitrogens with one attached hydrogen (secondary N) is 2. The van der Waals surface area contributed by atoms with Crippen molar-refractivity contribution in [3.8, 4) is 11.3 Å². The van der Waals surface area contributed by atoms with Crippen LogP contribution in [-0.4, -0.2) is 15.8 Å². The number of hydrogen-bond donors (Lipinski definition) is 2. The van der Waals surface area contributed by atoms with Crippen LogP contribution >= 0.6 is 0 Å². The maximum absolute atomic E-state index is 7.94. The van der Waals surface area contributed by atoms with Gasteiger partial charge in [0.2, 0.25) is 0 Å². The van der Waals surface area contributed by atoms with E-state index in [-0.39, 0.29) is 0 Å². The molecule has 2 heterocycles. The van der Waals surface area contributed by atoms with Crippen molar-refractivity contribution in [1.82, 2.24) is 15.3 Å². The van der Waals surface area contributed by atoms with Crippen molar-refractivity contribution in [2.24, 2.45) is 0 Å². The van der Waals surface area contributed by atoms with Crippen LogP contribution < -0.4 is 5.32 Å². The minimum Gasteiger partial charge on any atom is -0.366 e. The van der Waals surface area contributed by atoms with Gasteiger partial charge in [-0.25, -0.2) is 0 Å². The number of rotatable bonds is 5. The molecule has 0 aliphatic rings. The summed E-state index contributed by atoms with van der Waals surface area (Å²) in [5.74, 6) is 0.468. The lowest BCUT2D eigenvalue weighted by Crippen LogP contribution is -2.22. The van der Waals surface area contributed by atoms with Crippen molar-refractivity contribution in [2.75, 3.05) is 0 Å². The molecule has 2 aromatic rings. The van der Waals surface area contributed by atoms with Gasteiger partial charge in [0, 0.05) is 30.2 Å². The van der Waals surface area contributed by atoms with Gasteiger partial charge in [0.15, 0.2) is 0 Å². The fraction of sp³-hybridized carbons (Fsp3) is 0.278. The fourth-order valence-corrected chi connectivity index (χ4v) is 2.14. The maximum Gasteiger partial charge on any atom is 0.120 e. The second-order valence-electron chi connectivity index (χ2n) is 5.26. The molecule has 0 aromatic carbocycles. The number of amidine groups is 1. The van der Waals surface area contributed by atoms with Gasteiger partial charge in [-0.15, -0.1) is 0 Å². The first kappa shape index (κ1) is 15.9. The molecule has 0 amide bonds. The third kappa shape index (κ3) is 4.25. The molecule has 22 heavy (non-hydrogen) atoms. The lowest BCUT2D eigenvalue weighted by molar-refractivity contribution is 0.896. The van der Waals surface area contributed by atoms with E-state index >= 15 is 0 Å². The van der Waals surface area contributed by atoms with Crippen molar-refractivity contribution in [3.05, 3.63) is 59.6 Å². The Kier molecular flexibility index (Phi) is 5.42. The summed E-state index contributed by atoms with van der Waals surface area (Å²) < 4.78 is 0. The van der Waals surface area contributed by atoms with Gasteiger partial charge in [-0.2, -0.15) is 0 Å². The first-order chi connectivity index (χ1) is 10.6. The number of allylic oxidation sites excluding steroid dienone is 1. The van der Waals surface area contributed by atoms with Crippen molar-refractivity contribution in [3.63, 3.8) is 0 Å². The summed E-state index contributed by atoms with van der Waals surface area (Å²) in [5.41, 5.74) is 5.02. The van der Waals surface area contributed by atoms with E-state index in [1.165, 1.54) is 0 Å². The minimum absolute atomic E-state index is 0.468. The lowest BCUT2D eigenvalue weighted by Gasteiger charge is -2.09. The third-order valence-electron chi connectivity index (χ3n) is 3.39. The molecule has 0 radical (unpaired) electrons. The number of aromatic nitrogens is 2. The average molecular weight is 294 g/mol. The molecule has 2 N–H and O–H groups in total. The highest BCUT2D eigenvalue weighted by Crippen LogP contribution is 2.17. The van der Waals surface area contributed by atoms with Crippen LogP contribution in [0.2, 0.25) is 0 Å². The van der Waals surface area contributed by atoms with Gasteiger partial charge < -0.3 is 5.32 Å². The molecule has 0 aliphatic carbocycles. The molecule has 0 bridgehead atoms.